The molecule has 1 fully saturated rings. The van der Waals surface area contributed by atoms with Gasteiger partial charge in [0.25, 0.3) is 0 Å². The summed E-state index contributed by atoms with van der Waals surface area (Å²) < 4.78 is 26.7. The summed E-state index contributed by atoms with van der Waals surface area (Å²) >= 11 is 17.9. The highest BCUT2D eigenvalue weighted by molar-refractivity contribution is 7.89. The molecule has 1 saturated heterocycles. The second-order valence-electron chi connectivity index (χ2n) is 4.62. The van der Waals surface area contributed by atoms with Crippen LogP contribution in [-0.4, -0.2) is 25.3 Å². The van der Waals surface area contributed by atoms with Crippen molar-refractivity contribution < 1.29 is 8.42 Å². The molecule has 106 valence electrons. The molecule has 1 aliphatic heterocycles. The molecule has 2 rings (SSSR count). The second kappa shape index (κ2) is 5.78. The van der Waals surface area contributed by atoms with Crippen molar-refractivity contribution in [3.8, 4) is 0 Å². The van der Waals surface area contributed by atoms with E-state index < -0.39 is 10.0 Å². The van der Waals surface area contributed by atoms with Crippen LogP contribution in [0.4, 0.5) is 0 Å². The highest BCUT2D eigenvalue weighted by Crippen LogP contribution is 2.34. The van der Waals surface area contributed by atoms with Gasteiger partial charge in [0.1, 0.15) is 4.90 Å². The molecule has 1 atom stereocenters. The van der Waals surface area contributed by atoms with Crippen LogP contribution in [0.25, 0.3) is 0 Å². The van der Waals surface area contributed by atoms with E-state index in [0.717, 1.165) is 12.8 Å². The standard InChI is InChI=1S/C12H14Cl3NO2S/c1-8-3-2-4-16(8)19(17,18)11-6-10(14)5-9(7-13)12(11)15/h5-6,8H,2-4,7H2,1H3. The maximum Gasteiger partial charge on any atom is 0.244 e. The molecule has 0 spiro atoms. The van der Waals surface area contributed by atoms with Gasteiger partial charge in [-0.15, -0.1) is 11.6 Å². The highest BCUT2D eigenvalue weighted by atomic mass is 35.5. The topological polar surface area (TPSA) is 37.4 Å². The number of hydrogen-bond donors (Lipinski definition) is 0. The van der Waals surface area contributed by atoms with Crippen LogP contribution >= 0.6 is 34.8 Å². The molecule has 0 radical (unpaired) electrons. The summed E-state index contributed by atoms with van der Waals surface area (Å²) in [6, 6.07) is 2.96. The number of alkyl halides is 1. The van der Waals surface area contributed by atoms with Crippen LogP contribution in [0.2, 0.25) is 10.0 Å². The maximum atomic E-state index is 12.6. The molecule has 0 N–H and O–H groups in total. The lowest BCUT2D eigenvalue weighted by atomic mass is 10.2. The first-order valence-electron chi connectivity index (χ1n) is 5.93. The summed E-state index contributed by atoms with van der Waals surface area (Å²) in [6.45, 7) is 2.41. The van der Waals surface area contributed by atoms with Crippen LogP contribution in [0.15, 0.2) is 17.0 Å². The van der Waals surface area contributed by atoms with E-state index in [1.54, 1.807) is 6.07 Å². The van der Waals surface area contributed by atoms with E-state index >= 15 is 0 Å². The van der Waals surface area contributed by atoms with Crippen molar-refractivity contribution in [2.24, 2.45) is 0 Å². The summed E-state index contributed by atoms with van der Waals surface area (Å²) in [5.74, 6) is 0.122. The van der Waals surface area contributed by atoms with Gasteiger partial charge < -0.3 is 0 Å². The van der Waals surface area contributed by atoms with E-state index in [2.05, 4.69) is 0 Å². The summed E-state index contributed by atoms with van der Waals surface area (Å²) in [5, 5.41) is 0.490. The van der Waals surface area contributed by atoms with Crippen LogP contribution < -0.4 is 0 Å². The Bertz CT molecular complexity index is 589. The number of sulfonamides is 1. The van der Waals surface area contributed by atoms with Gasteiger partial charge in [0.05, 0.1) is 5.02 Å². The normalized spacial score (nSPS) is 20.9. The molecule has 0 saturated carbocycles. The predicted molar refractivity (Wildman–Crippen MR) is 78.6 cm³/mol. The minimum atomic E-state index is -3.62. The molecule has 1 aliphatic rings. The molecule has 1 heterocycles. The van der Waals surface area contributed by atoms with Crippen molar-refractivity contribution in [1.29, 1.82) is 0 Å². The van der Waals surface area contributed by atoms with Gasteiger partial charge in [-0.2, -0.15) is 4.31 Å². The third kappa shape index (κ3) is 2.88. The van der Waals surface area contributed by atoms with Gasteiger partial charge >= 0.3 is 0 Å². The third-order valence-electron chi connectivity index (χ3n) is 3.30. The fourth-order valence-corrected chi connectivity index (χ4v) is 5.18. The zero-order valence-corrected chi connectivity index (χ0v) is 13.5. The Morgan fingerprint density at radius 1 is 1.37 bits per heavy atom. The van der Waals surface area contributed by atoms with Gasteiger partial charge in [-0.05, 0) is 37.5 Å². The number of rotatable bonds is 3. The van der Waals surface area contributed by atoms with E-state index in [4.69, 9.17) is 34.8 Å². The van der Waals surface area contributed by atoms with E-state index in [-0.39, 0.29) is 21.8 Å². The van der Waals surface area contributed by atoms with E-state index in [0.29, 0.717) is 17.1 Å². The molecule has 0 amide bonds. The lowest BCUT2D eigenvalue weighted by molar-refractivity contribution is 0.408. The Morgan fingerprint density at radius 3 is 2.58 bits per heavy atom. The monoisotopic (exact) mass is 341 g/mol. The first-order chi connectivity index (χ1) is 8.87. The molecule has 19 heavy (non-hydrogen) atoms. The van der Waals surface area contributed by atoms with Crippen LogP contribution in [0.3, 0.4) is 0 Å². The minimum Gasteiger partial charge on any atom is -0.207 e. The molecular weight excluding hydrogens is 329 g/mol. The molecular formula is C12H14Cl3NO2S. The molecule has 3 nitrogen and oxygen atoms in total. The van der Waals surface area contributed by atoms with Crippen molar-refractivity contribution in [3.05, 3.63) is 27.7 Å². The smallest absolute Gasteiger partial charge is 0.207 e. The van der Waals surface area contributed by atoms with E-state index in [1.807, 2.05) is 6.92 Å². The first kappa shape index (κ1) is 15.4. The summed E-state index contributed by atoms with van der Waals surface area (Å²) in [4.78, 5) is 0.0473. The number of halogens is 3. The van der Waals surface area contributed by atoms with Crippen molar-refractivity contribution in [1.82, 2.24) is 4.31 Å². The lowest BCUT2D eigenvalue weighted by Crippen LogP contribution is -2.33. The van der Waals surface area contributed by atoms with Crippen molar-refractivity contribution in [2.45, 2.75) is 36.6 Å². The van der Waals surface area contributed by atoms with Gasteiger partial charge in [0.2, 0.25) is 10.0 Å². The lowest BCUT2D eigenvalue weighted by Gasteiger charge is -2.22. The van der Waals surface area contributed by atoms with Crippen LogP contribution in [0.1, 0.15) is 25.3 Å². The van der Waals surface area contributed by atoms with Crippen molar-refractivity contribution in [3.63, 3.8) is 0 Å². The van der Waals surface area contributed by atoms with Crippen molar-refractivity contribution in [2.75, 3.05) is 6.54 Å². The Balaban J connectivity index is 2.54. The quantitative estimate of drug-likeness (QED) is 0.781. The summed E-state index contributed by atoms with van der Waals surface area (Å²) in [7, 11) is -3.62. The summed E-state index contributed by atoms with van der Waals surface area (Å²) in [6.07, 6.45) is 1.72. The number of hydrogen-bond acceptors (Lipinski definition) is 2. The van der Waals surface area contributed by atoms with Gasteiger partial charge in [0.15, 0.2) is 0 Å². The molecule has 0 bridgehead atoms. The van der Waals surface area contributed by atoms with Crippen molar-refractivity contribution >= 4 is 44.8 Å². The molecule has 1 aromatic rings. The fraction of sp³-hybridized carbons (Fsp3) is 0.500. The average Bonchev–Trinajstić information content (AvgIpc) is 2.78. The molecule has 0 aromatic heterocycles. The second-order valence-corrected chi connectivity index (χ2v) is 7.56. The molecule has 0 aliphatic carbocycles. The van der Waals surface area contributed by atoms with Gasteiger partial charge in [-0.1, -0.05) is 23.2 Å². The Morgan fingerprint density at radius 2 is 2.05 bits per heavy atom. The summed E-state index contributed by atoms with van der Waals surface area (Å²) in [5.41, 5.74) is 0.529. The van der Waals surface area contributed by atoms with E-state index in [9.17, 15) is 8.42 Å². The molecule has 7 heteroatoms. The van der Waals surface area contributed by atoms with Gasteiger partial charge in [0, 0.05) is 23.5 Å². The Hall–Kier alpha value is -0.000000000000000111. The number of benzene rings is 1. The fourth-order valence-electron chi connectivity index (χ4n) is 2.29. The first-order valence-corrected chi connectivity index (χ1v) is 8.66. The molecule has 1 unspecified atom stereocenters. The molecule has 1 aromatic carbocycles. The van der Waals surface area contributed by atoms with Crippen LogP contribution in [0.5, 0.6) is 0 Å². The zero-order chi connectivity index (χ0) is 14.2. The maximum absolute atomic E-state index is 12.6. The average molecular weight is 343 g/mol. The zero-order valence-electron chi connectivity index (χ0n) is 10.4. The van der Waals surface area contributed by atoms with E-state index in [1.165, 1.54) is 10.4 Å². The highest BCUT2D eigenvalue weighted by Gasteiger charge is 2.34. The van der Waals surface area contributed by atoms with Gasteiger partial charge in [-0.3, -0.25) is 0 Å². The minimum absolute atomic E-state index is 0.0144. The van der Waals surface area contributed by atoms with Gasteiger partial charge in [-0.25, -0.2) is 8.42 Å². The Kier molecular flexibility index (Phi) is 4.68. The largest absolute Gasteiger partial charge is 0.244 e. The predicted octanol–water partition coefficient (Wildman–Crippen LogP) is 3.91. The Labute approximate surface area is 128 Å². The third-order valence-corrected chi connectivity index (χ3v) is 6.40. The van der Waals surface area contributed by atoms with Crippen LogP contribution in [-0.2, 0) is 15.9 Å². The van der Waals surface area contributed by atoms with Crippen LogP contribution in [0, 0.1) is 0 Å². The number of nitrogens with zero attached hydrogens (tertiary/aromatic N) is 1. The SMILES string of the molecule is CC1CCCN1S(=O)(=O)c1cc(Cl)cc(CCl)c1Cl.